The van der Waals surface area contributed by atoms with Crippen molar-refractivity contribution in [1.29, 1.82) is 0 Å². The molecule has 1 aromatic carbocycles. The van der Waals surface area contributed by atoms with E-state index in [1.165, 1.54) is 21.2 Å². The molecule has 0 fully saturated rings. The van der Waals surface area contributed by atoms with Crippen LogP contribution in [0.25, 0.3) is 10.1 Å². The highest BCUT2D eigenvalue weighted by molar-refractivity contribution is 7.17. The van der Waals surface area contributed by atoms with Gasteiger partial charge >= 0.3 is 0 Å². The molecule has 0 amide bonds. The van der Waals surface area contributed by atoms with Crippen LogP contribution >= 0.6 is 11.3 Å². The largest absolute Gasteiger partial charge is 0.369 e. The number of hydrogen-bond donors (Lipinski definition) is 1. The van der Waals surface area contributed by atoms with E-state index in [0.29, 0.717) is 0 Å². The van der Waals surface area contributed by atoms with Gasteiger partial charge in [0.15, 0.2) is 0 Å². The van der Waals surface area contributed by atoms with Crippen molar-refractivity contribution in [2.75, 3.05) is 11.9 Å². The predicted molar refractivity (Wildman–Crippen MR) is 83.0 cm³/mol. The Kier molecular flexibility index (Phi) is 3.47. The molecule has 0 spiro atoms. The lowest BCUT2D eigenvalue weighted by atomic mass is 10.1. The lowest BCUT2D eigenvalue weighted by Gasteiger charge is -2.07. The van der Waals surface area contributed by atoms with Gasteiger partial charge in [0, 0.05) is 22.8 Å². The van der Waals surface area contributed by atoms with Crippen LogP contribution in [0.4, 0.5) is 5.82 Å². The summed E-state index contributed by atoms with van der Waals surface area (Å²) in [6.45, 7) is 3.04. The molecule has 2 aromatic heterocycles. The fourth-order valence-corrected chi connectivity index (χ4v) is 3.01. The standard InChI is InChI=1S/C16H16N2S/c1-12-3-2-4-13(11-12)5-8-17-16-14-7-10-19-15(14)6-9-18-16/h2-4,6-7,9-11H,5,8H2,1H3,(H,17,18). The van der Waals surface area contributed by atoms with E-state index in [4.69, 9.17) is 0 Å². The lowest BCUT2D eigenvalue weighted by molar-refractivity contribution is 1.01. The molecule has 3 heteroatoms. The molecule has 2 heterocycles. The van der Waals surface area contributed by atoms with Gasteiger partial charge in [0.05, 0.1) is 0 Å². The first-order valence-electron chi connectivity index (χ1n) is 6.44. The average molecular weight is 268 g/mol. The fourth-order valence-electron chi connectivity index (χ4n) is 2.23. The first-order chi connectivity index (χ1) is 9.33. The number of benzene rings is 1. The van der Waals surface area contributed by atoms with Gasteiger partial charge in [-0.2, -0.15) is 0 Å². The van der Waals surface area contributed by atoms with E-state index < -0.39 is 0 Å². The van der Waals surface area contributed by atoms with Crippen molar-refractivity contribution in [3.8, 4) is 0 Å². The van der Waals surface area contributed by atoms with Gasteiger partial charge in [-0.25, -0.2) is 4.98 Å². The molecule has 0 unspecified atom stereocenters. The minimum Gasteiger partial charge on any atom is -0.369 e. The molecule has 3 rings (SSSR count). The van der Waals surface area contributed by atoms with Crippen molar-refractivity contribution in [3.05, 3.63) is 59.1 Å². The maximum absolute atomic E-state index is 4.42. The van der Waals surface area contributed by atoms with Gasteiger partial charge in [-0.1, -0.05) is 29.8 Å². The molecule has 0 aliphatic heterocycles. The molecule has 2 nitrogen and oxygen atoms in total. The van der Waals surface area contributed by atoms with E-state index in [1.807, 2.05) is 6.20 Å². The average Bonchev–Trinajstić information content (AvgIpc) is 2.88. The SMILES string of the molecule is Cc1cccc(CCNc2nccc3sccc23)c1. The Morgan fingerprint density at radius 3 is 3.05 bits per heavy atom. The van der Waals surface area contributed by atoms with Crippen LogP contribution < -0.4 is 5.32 Å². The second-order valence-corrected chi connectivity index (χ2v) is 5.61. The third-order valence-corrected chi connectivity index (χ3v) is 4.05. The minimum absolute atomic E-state index is 0.908. The summed E-state index contributed by atoms with van der Waals surface area (Å²) in [6, 6.07) is 12.8. The summed E-state index contributed by atoms with van der Waals surface area (Å²) in [5.41, 5.74) is 2.68. The lowest BCUT2D eigenvalue weighted by Crippen LogP contribution is -2.06. The van der Waals surface area contributed by atoms with Gasteiger partial charge in [-0.05, 0) is 36.4 Å². The number of anilines is 1. The summed E-state index contributed by atoms with van der Waals surface area (Å²) in [4.78, 5) is 4.42. The van der Waals surface area contributed by atoms with Crippen LogP contribution in [0.15, 0.2) is 48.0 Å². The molecule has 0 saturated heterocycles. The summed E-state index contributed by atoms with van der Waals surface area (Å²) < 4.78 is 1.29. The van der Waals surface area contributed by atoms with Crippen molar-refractivity contribution < 1.29 is 0 Å². The van der Waals surface area contributed by atoms with Gasteiger partial charge < -0.3 is 5.32 Å². The number of nitrogens with zero attached hydrogens (tertiary/aromatic N) is 1. The molecule has 3 aromatic rings. The molecular weight excluding hydrogens is 252 g/mol. The van der Waals surface area contributed by atoms with Crippen LogP contribution in [0, 0.1) is 6.92 Å². The highest BCUT2D eigenvalue weighted by Gasteiger charge is 2.02. The van der Waals surface area contributed by atoms with Crippen LogP contribution in [0.5, 0.6) is 0 Å². The molecule has 1 N–H and O–H groups in total. The minimum atomic E-state index is 0.908. The summed E-state index contributed by atoms with van der Waals surface area (Å²) >= 11 is 1.75. The number of aryl methyl sites for hydroxylation is 1. The molecule has 0 aliphatic carbocycles. The number of fused-ring (bicyclic) bond motifs is 1. The highest BCUT2D eigenvalue weighted by Crippen LogP contribution is 2.25. The summed E-state index contributed by atoms with van der Waals surface area (Å²) in [5.74, 6) is 0.992. The van der Waals surface area contributed by atoms with Gasteiger partial charge in [0.25, 0.3) is 0 Å². The highest BCUT2D eigenvalue weighted by atomic mass is 32.1. The summed E-state index contributed by atoms with van der Waals surface area (Å²) in [7, 11) is 0. The van der Waals surface area contributed by atoms with Gasteiger partial charge in [-0.3, -0.25) is 0 Å². The zero-order chi connectivity index (χ0) is 13.1. The Bertz CT molecular complexity index is 688. The van der Waals surface area contributed by atoms with E-state index >= 15 is 0 Å². The fraction of sp³-hybridized carbons (Fsp3) is 0.188. The first kappa shape index (κ1) is 12.2. The van der Waals surface area contributed by atoms with Crippen molar-refractivity contribution >= 4 is 27.2 Å². The molecule has 96 valence electrons. The predicted octanol–water partition coefficient (Wildman–Crippen LogP) is 4.26. The molecule has 0 saturated carbocycles. The van der Waals surface area contributed by atoms with Crippen LogP contribution in [-0.4, -0.2) is 11.5 Å². The van der Waals surface area contributed by atoms with Crippen LogP contribution in [0.3, 0.4) is 0 Å². The zero-order valence-corrected chi connectivity index (χ0v) is 11.7. The quantitative estimate of drug-likeness (QED) is 0.764. The molecule has 0 aliphatic rings. The second kappa shape index (κ2) is 5.41. The number of thiophene rings is 1. The van der Waals surface area contributed by atoms with E-state index in [1.54, 1.807) is 11.3 Å². The summed E-state index contributed by atoms with van der Waals surface area (Å²) in [6.07, 6.45) is 2.89. The third-order valence-electron chi connectivity index (χ3n) is 3.17. The second-order valence-electron chi connectivity index (χ2n) is 4.66. The Labute approximate surface area is 117 Å². The van der Waals surface area contributed by atoms with Crippen molar-refractivity contribution in [2.24, 2.45) is 0 Å². The van der Waals surface area contributed by atoms with E-state index in [-0.39, 0.29) is 0 Å². The Morgan fingerprint density at radius 1 is 1.21 bits per heavy atom. The van der Waals surface area contributed by atoms with Gasteiger partial charge in [0.2, 0.25) is 0 Å². The van der Waals surface area contributed by atoms with Crippen molar-refractivity contribution in [3.63, 3.8) is 0 Å². The molecule has 0 radical (unpaired) electrons. The molecule has 19 heavy (non-hydrogen) atoms. The van der Waals surface area contributed by atoms with E-state index in [2.05, 4.69) is 59.0 Å². The molecular formula is C16H16N2S. The Morgan fingerprint density at radius 2 is 2.16 bits per heavy atom. The van der Waals surface area contributed by atoms with Crippen LogP contribution in [-0.2, 0) is 6.42 Å². The van der Waals surface area contributed by atoms with E-state index in [9.17, 15) is 0 Å². The maximum Gasteiger partial charge on any atom is 0.134 e. The molecule has 0 bridgehead atoms. The third kappa shape index (κ3) is 2.76. The summed E-state index contributed by atoms with van der Waals surface area (Å²) in [5, 5.41) is 6.77. The van der Waals surface area contributed by atoms with Crippen molar-refractivity contribution in [1.82, 2.24) is 4.98 Å². The number of rotatable bonds is 4. The van der Waals surface area contributed by atoms with E-state index in [0.717, 1.165) is 18.8 Å². The Hall–Kier alpha value is -1.87. The zero-order valence-electron chi connectivity index (χ0n) is 10.9. The number of pyridine rings is 1. The topological polar surface area (TPSA) is 24.9 Å². The van der Waals surface area contributed by atoms with Gasteiger partial charge in [0.1, 0.15) is 5.82 Å². The number of aromatic nitrogens is 1. The Balaban J connectivity index is 1.68. The van der Waals surface area contributed by atoms with Crippen LogP contribution in [0.2, 0.25) is 0 Å². The van der Waals surface area contributed by atoms with Crippen molar-refractivity contribution in [2.45, 2.75) is 13.3 Å². The first-order valence-corrected chi connectivity index (χ1v) is 7.32. The normalized spacial score (nSPS) is 10.8. The maximum atomic E-state index is 4.42. The molecule has 0 atom stereocenters. The number of nitrogens with one attached hydrogen (secondary N) is 1. The van der Waals surface area contributed by atoms with Gasteiger partial charge in [-0.15, -0.1) is 11.3 Å². The smallest absolute Gasteiger partial charge is 0.134 e. The number of hydrogen-bond acceptors (Lipinski definition) is 3. The monoisotopic (exact) mass is 268 g/mol. The van der Waals surface area contributed by atoms with Crippen LogP contribution in [0.1, 0.15) is 11.1 Å².